The van der Waals surface area contributed by atoms with E-state index in [1.807, 2.05) is 42.5 Å². The van der Waals surface area contributed by atoms with Crippen LogP contribution in [0.3, 0.4) is 0 Å². The molecule has 0 spiro atoms. The van der Waals surface area contributed by atoms with Gasteiger partial charge in [0.05, 0.1) is 14.2 Å². The molecule has 3 aromatic carbocycles. The summed E-state index contributed by atoms with van der Waals surface area (Å²) in [5.41, 5.74) is 5.40. The maximum Gasteiger partial charge on any atom is 0.221 e. The molecule has 6 heteroatoms. The van der Waals surface area contributed by atoms with Crippen LogP contribution in [0.2, 0.25) is 0 Å². The van der Waals surface area contributed by atoms with Crippen molar-refractivity contribution in [3.8, 4) is 11.5 Å². The number of hydrogen-bond donors (Lipinski definition) is 1. The monoisotopic (exact) mass is 505 g/mol. The third-order valence-electron chi connectivity index (χ3n) is 6.80. The zero-order chi connectivity index (χ0) is 26.3. The van der Waals surface area contributed by atoms with Crippen LogP contribution in [0.1, 0.15) is 34.6 Å². The van der Waals surface area contributed by atoms with Crippen molar-refractivity contribution in [1.82, 2.24) is 14.9 Å². The average molecular weight is 506 g/mol. The van der Waals surface area contributed by atoms with Crippen molar-refractivity contribution < 1.29 is 14.3 Å². The van der Waals surface area contributed by atoms with Crippen LogP contribution in [0.25, 0.3) is 10.9 Å². The average Bonchev–Trinajstić information content (AvgIpc) is 3.33. The Bertz CT molecular complexity index is 1490. The number of rotatable bonds is 10. The molecule has 38 heavy (non-hydrogen) atoms. The van der Waals surface area contributed by atoms with Crippen LogP contribution < -0.4 is 14.8 Å². The molecule has 1 amide bonds. The van der Waals surface area contributed by atoms with Crippen molar-refractivity contribution in [3.63, 3.8) is 0 Å². The van der Waals surface area contributed by atoms with Crippen molar-refractivity contribution in [2.75, 3.05) is 14.2 Å². The van der Waals surface area contributed by atoms with Crippen LogP contribution >= 0.6 is 0 Å². The summed E-state index contributed by atoms with van der Waals surface area (Å²) in [6, 6.07) is 28.4. The second-order valence-electron chi connectivity index (χ2n) is 9.25. The first-order chi connectivity index (χ1) is 18.6. The smallest absolute Gasteiger partial charge is 0.221 e. The van der Waals surface area contributed by atoms with E-state index in [9.17, 15) is 4.79 Å². The number of pyridine rings is 1. The highest BCUT2D eigenvalue weighted by Gasteiger charge is 2.24. The van der Waals surface area contributed by atoms with E-state index in [2.05, 4.69) is 63.5 Å². The maximum atomic E-state index is 13.3. The van der Waals surface area contributed by atoms with Crippen molar-refractivity contribution in [1.29, 1.82) is 0 Å². The Balaban J connectivity index is 1.55. The van der Waals surface area contributed by atoms with Crippen LogP contribution in [-0.2, 0) is 17.9 Å². The highest BCUT2D eigenvalue weighted by Crippen LogP contribution is 2.38. The summed E-state index contributed by atoms with van der Waals surface area (Å²) in [6.45, 7) is 1.19. The number of methoxy groups -OCH3 is 2. The zero-order valence-electron chi connectivity index (χ0n) is 21.6. The van der Waals surface area contributed by atoms with Crippen molar-refractivity contribution in [3.05, 3.63) is 126 Å². The predicted molar refractivity (Wildman–Crippen MR) is 150 cm³/mol. The molecular formula is C32H31N3O3. The summed E-state index contributed by atoms with van der Waals surface area (Å²) in [5, 5.41) is 4.21. The molecular weight excluding hydrogens is 474 g/mol. The minimum atomic E-state index is -0.210. The van der Waals surface area contributed by atoms with Gasteiger partial charge in [-0.2, -0.15) is 0 Å². The molecule has 2 aromatic heterocycles. The van der Waals surface area contributed by atoms with Gasteiger partial charge < -0.3 is 19.4 Å². The van der Waals surface area contributed by atoms with E-state index >= 15 is 0 Å². The molecule has 0 aliphatic heterocycles. The number of amides is 1. The molecule has 5 aromatic rings. The molecule has 1 atom stereocenters. The summed E-state index contributed by atoms with van der Waals surface area (Å²) >= 11 is 0. The first kappa shape index (κ1) is 25.1. The van der Waals surface area contributed by atoms with Gasteiger partial charge in [-0.25, -0.2) is 0 Å². The van der Waals surface area contributed by atoms with Gasteiger partial charge in [0, 0.05) is 61.0 Å². The molecule has 1 N–H and O–H groups in total. The number of ether oxygens (including phenoxy) is 2. The quantitative estimate of drug-likeness (QED) is 0.255. The predicted octanol–water partition coefficient (Wildman–Crippen LogP) is 5.94. The fourth-order valence-corrected chi connectivity index (χ4v) is 4.86. The third kappa shape index (κ3) is 5.70. The molecule has 5 rings (SSSR count). The maximum absolute atomic E-state index is 13.3. The number of aromatic nitrogens is 2. The van der Waals surface area contributed by atoms with Gasteiger partial charge in [-0.1, -0.05) is 48.5 Å². The van der Waals surface area contributed by atoms with Crippen molar-refractivity contribution in [2.24, 2.45) is 0 Å². The number of para-hydroxylation sites is 1. The van der Waals surface area contributed by atoms with Gasteiger partial charge in [-0.15, -0.1) is 0 Å². The van der Waals surface area contributed by atoms with Gasteiger partial charge in [-0.05, 0) is 52.6 Å². The number of fused-ring (bicyclic) bond motifs is 1. The highest BCUT2D eigenvalue weighted by molar-refractivity contribution is 5.87. The Hall–Kier alpha value is -4.58. The second kappa shape index (κ2) is 11.6. The van der Waals surface area contributed by atoms with E-state index in [0.717, 1.165) is 34.1 Å². The zero-order valence-corrected chi connectivity index (χ0v) is 21.6. The van der Waals surface area contributed by atoms with E-state index in [4.69, 9.17) is 9.47 Å². The van der Waals surface area contributed by atoms with E-state index < -0.39 is 0 Å². The summed E-state index contributed by atoms with van der Waals surface area (Å²) in [4.78, 5) is 17.4. The lowest BCUT2D eigenvalue weighted by Crippen LogP contribution is -2.25. The molecule has 0 bridgehead atoms. The van der Waals surface area contributed by atoms with Gasteiger partial charge in [0.1, 0.15) is 11.5 Å². The second-order valence-corrected chi connectivity index (χ2v) is 9.25. The van der Waals surface area contributed by atoms with Gasteiger partial charge in [0.2, 0.25) is 5.91 Å². The minimum Gasteiger partial charge on any atom is -0.497 e. The molecule has 0 aliphatic carbocycles. The van der Waals surface area contributed by atoms with Crippen molar-refractivity contribution >= 4 is 16.8 Å². The Labute approximate surface area is 222 Å². The topological polar surface area (TPSA) is 65.4 Å². The van der Waals surface area contributed by atoms with Crippen LogP contribution in [0.4, 0.5) is 0 Å². The molecule has 192 valence electrons. The molecule has 0 radical (unpaired) electrons. The molecule has 0 saturated heterocycles. The molecule has 0 saturated carbocycles. The standard InChI is InChI=1S/C32H31N3O3/c1-37-26-16-25(17-27(18-26)38-2)29(19-32(36)34-20-23-12-14-33-15-13-23)30-22-35(21-24-8-4-3-5-9-24)31-11-7-6-10-28(30)31/h3-18,22,29H,19-21H2,1-2H3,(H,34,36)/t29-/m0/s1. The summed E-state index contributed by atoms with van der Waals surface area (Å²) in [6.07, 6.45) is 5.92. The molecule has 0 fully saturated rings. The van der Waals surface area contributed by atoms with Crippen LogP contribution in [-0.4, -0.2) is 29.7 Å². The number of carbonyl (C=O) groups excluding carboxylic acids is 1. The van der Waals surface area contributed by atoms with Crippen LogP contribution in [0.15, 0.2) is 104 Å². The number of carbonyl (C=O) groups is 1. The summed E-state index contributed by atoms with van der Waals surface area (Å²) in [5.74, 6) is 1.14. The molecule has 2 heterocycles. The summed E-state index contributed by atoms with van der Waals surface area (Å²) in [7, 11) is 3.28. The van der Waals surface area contributed by atoms with E-state index in [1.165, 1.54) is 5.56 Å². The summed E-state index contributed by atoms with van der Waals surface area (Å²) < 4.78 is 13.4. The fraction of sp³-hybridized carbons (Fsp3) is 0.188. The van der Waals surface area contributed by atoms with Gasteiger partial charge >= 0.3 is 0 Å². The molecule has 6 nitrogen and oxygen atoms in total. The third-order valence-corrected chi connectivity index (χ3v) is 6.80. The van der Waals surface area contributed by atoms with E-state index in [0.29, 0.717) is 18.0 Å². The van der Waals surface area contributed by atoms with Crippen LogP contribution in [0.5, 0.6) is 11.5 Å². The Kier molecular flexibility index (Phi) is 7.69. The van der Waals surface area contributed by atoms with Gasteiger partial charge in [-0.3, -0.25) is 9.78 Å². The Morgan fingerprint density at radius 1 is 0.868 bits per heavy atom. The number of nitrogens with zero attached hydrogens (tertiary/aromatic N) is 2. The minimum absolute atomic E-state index is 0.0338. The van der Waals surface area contributed by atoms with E-state index in [-0.39, 0.29) is 18.2 Å². The molecule has 0 unspecified atom stereocenters. The Morgan fingerprint density at radius 2 is 1.55 bits per heavy atom. The van der Waals surface area contributed by atoms with Gasteiger partial charge in [0.15, 0.2) is 0 Å². The first-order valence-corrected chi connectivity index (χ1v) is 12.6. The fourth-order valence-electron chi connectivity index (χ4n) is 4.86. The number of nitrogens with one attached hydrogen (secondary N) is 1. The number of benzene rings is 3. The largest absolute Gasteiger partial charge is 0.497 e. The van der Waals surface area contributed by atoms with Gasteiger partial charge in [0.25, 0.3) is 0 Å². The molecule has 0 aliphatic rings. The Morgan fingerprint density at radius 3 is 2.26 bits per heavy atom. The lowest BCUT2D eigenvalue weighted by molar-refractivity contribution is -0.121. The SMILES string of the molecule is COc1cc(OC)cc([C@H](CC(=O)NCc2ccncc2)c2cn(Cc3ccccc3)c3ccccc23)c1. The normalized spacial score (nSPS) is 11.7. The highest BCUT2D eigenvalue weighted by atomic mass is 16.5. The van der Waals surface area contributed by atoms with Crippen LogP contribution in [0, 0.1) is 0 Å². The lowest BCUT2D eigenvalue weighted by atomic mass is 9.87. The lowest BCUT2D eigenvalue weighted by Gasteiger charge is -2.19. The first-order valence-electron chi connectivity index (χ1n) is 12.6. The van der Waals surface area contributed by atoms with E-state index in [1.54, 1.807) is 26.6 Å². The van der Waals surface area contributed by atoms with Crippen molar-refractivity contribution in [2.45, 2.75) is 25.4 Å². The number of hydrogen-bond acceptors (Lipinski definition) is 4.